The van der Waals surface area contributed by atoms with Crippen LogP contribution in [0.4, 0.5) is 0 Å². The van der Waals surface area contributed by atoms with Gasteiger partial charge in [0.05, 0.1) is 0 Å². The molecule has 6 heteroatoms. The van der Waals surface area contributed by atoms with Gasteiger partial charge in [-0.1, -0.05) is 40.2 Å². The number of halogens is 1. The number of hydrogen-bond donors (Lipinski definition) is 1. The Labute approximate surface area is 143 Å². The molecule has 5 nitrogen and oxygen atoms in total. The molecular formula is C17H17BrN2O3. The first kappa shape index (κ1) is 17.0. The monoisotopic (exact) mass is 376 g/mol. The predicted molar refractivity (Wildman–Crippen MR) is 91.1 cm³/mol. The summed E-state index contributed by atoms with van der Waals surface area (Å²) in [5.41, 5.74) is 6.55. The van der Waals surface area contributed by atoms with Crippen molar-refractivity contribution in [2.45, 2.75) is 6.54 Å². The maximum absolute atomic E-state index is 12.5. The number of benzene rings is 2. The zero-order chi connectivity index (χ0) is 16.8. The average Bonchev–Trinajstić information content (AvgIpc) is 2.54. The topological polar surface area (TPSA) is 72.6 Å². The third-order valence-corrected chi connectivity index (χ3v) is 3.95. The van der Waals surface area contributed by atoms with Gasteiger partial charge in [0.15, 0.2) is 6.61 Å². The highest BCUT2D eigenvalue weighted by molar-refractivity contribution is 9.10. The molecule has 0 unspecified atom stereocenters. The van der Waals surface area contributed by atoms with Crippen LogP contribution in [0.15, 0.2) is 53.0 Å². The fourth-order valence-corrected chi connectivity index (χ4v) is 2.46. The average molecular weight is 377 g/mol. The number of nitrogens with two attached hydrogens (primary N) is 1. The molecule has 0 saturated carbocycles. The van der Waals surface area contributed by atoms with Crippen molar-refractivity contribution in [3.63, 3.8) is 0 Å². The number of primary amides is 1. The van der Waals surface area contributed by atoms with Gasteiger partial charge in [0.2, 0.25) is 0 Å². The fraction of sp³-hybridized carbons (Fsp3) is 0.176. The van der Waals surface area contributed by atoms with Crippen LogP contribution in [0.2, 0.25) is 0 Å². The molecule has 23 heavy (non-hydrogen) atoms. The summed E-state index contributed by atoms with van der Waals surface area (Å²) in [4.78, 5) is 24.9. The second kappa shape index (κ2) is 7.78. The van der Waals surface area contributed by atoms with E-state index in [-0.39, 0.29) is 12.5 Å². The van der Waals surface area contributed by atoms with Gasteiger partial charge in [-0.3, -0.25) is 9.59 Å². The molecule has 0 heterocycles. The first-order valence-corrected chi connectivity index (χ1v) is 7.76. The lowest BCUT2D eigenvalue weighted by molar-refractivity contribution is -0.119. The molecule has 120 valence electrons. The maximum Gasteiger partial charge on any atom is 0.255 e. The van der Waals surface area contributed by atoms with Crippen LogP contribution in [0.25, 0.3) is 0 Å². The molecule has 0 atom stereocenters. The summed E-state index contributed by atoms with van der Waals surface area (Å²) in [6, 6.07) is 14.4. The minimum atomic E-state index is -0.562. The van der Waals surface area contributed by atoms with Gasteiger partial charge in [-0.15, -0.1) is 0 Å². The van der Waals surface area contributed by atoms with Gasteiger partial charge in [0.25, 0.3) is 11.8 Å². The molecule has 0 aliphatic rings. The molecular weight excluding hydrogens is 360 g/mol. The van der Waals surface area contributed by atoms with Gasteiger partial charge in [-0.05, 0) is 29.8 Å². The highest BCUT2D eigenvalue weighted by Gasteiger charge is 2.14. The second-order valence-electron chi connectivity index (χ2n) is 5.04. The molecule has 0 aliphatic carbocycles. The number of nitrogens with zero attached hydrogens (tertiary/aromatic N) is 1. The van der Waals surface area contributed by atoms with E-state index < -0.39 is 5.91 Å². The van der Waals surface area contributed by atoms with E-state index in [0.717, 1.165) is 10.0 Å². The second-order valence-corrected chi connectivity index (χ2v) is 5.89. The van der Waals surface area contributed by atoms with Crippen molar-refractivity contribution in [2.24, 2.45) is 5.73 Å². The van der Waals surface area contributed by atoms with Gasteiger partial charge in [-0.2, -0.15) is 0 Å². The first-order chi connectivity index (χ1) is 11.0. The Hall–Kier alpha value is -2.34. The van der Waals surface area contributed by atoms with E-state index >= 15 is 0 Å². The Bertz CT molecular complexity index is 718. The number of carbonyl (C=O) groups excluding carboxylic acids is 2. The number of rotatable bonds is 6. The summed E-state index contributed by atoms with van der Waals surface area (Å²) >= 11 is 3.47. The zero-order valence-corrected chi connectivity index (χ0v) is 14.2. The van der Waals surface area contributed by atoms with E-state index in [9.17, 15) is 9.59 Å². The number of ether oxygens (including phenoxy) is 1. The molecule has 2 aromatic carbocycles. The van der Waals surface area contributed by atoms with E-state index in [1.54, 1.807) is 36.2 Å². The van der Waals surface area contributed by atoms with E-state index in [0.29, 0.717) is 17.9 Å². The highest BCUT2D eigenvalue weighted by atomic mass is 79.9. The van der Waals surface area contributed by atoms with E-state index in [2.05, 4.69) is 15.9 Å². The van der Waals surface area contributed by atoms with Gasteiger partial charge >= 0.3 is 0 Å². The minimum Gasteiger partial charge on any atom is -0.484 e. The Kier molecular flexibility index (Phi) is 5.76. The quantitative estimate of drug-likeness (QED) is 0.841. The summed E-state index contributed by atoms with van der Waals surface area (Å²) < 4.78 is 6.18. The lowest BCUT2D eigenvalue weighted by Crippen LogP contribution is -2.26. The minimum absolute atomic E-state index is 0.134. The van der Waals surface area contributed by atoms with Gasteiger partial charge < -0.3 is 15.4 Å². The predicted octanol–water partition coefficient (Wildman–Crippen LogP) is 2.59. The largest absolute Gasteiger partial charge is 0.484 e. The van der Waals surface area contributed by atoms with E-state index in [4.69, 9.17) is 10.5 Å². The van der Waals surface area contributed by atoms with Crippen molar-refractivity contribution >= 4 is 27.7 Å². The number of amides is 2. The number of hydrogen-bond acceptors (Lipinski definition) is 3. The smallest absolute Gasteiger partial charge is 0.255 e. The van der Waals surface area contributed by atoms with Gasteiger partial charge in [0, 0.05) is 23.6 Å². The first-order valence-electron chi connectivity index (χ1n) is 6.97. The summed E-state index contributed by atoms with van der Waals surface area (Å²) in [5, 5.41) is 0. The van der Waals surface area contributed by atoms with E-state index in [1.807, 2.05) is 24.3 Å². The third-order valence-electron chi connectivity index (χ3n) is 3.17. The van der Waals surface area contributed by atoms with Crippen LogP contribution in [0.1, 0.15) is 15.9 Å². The van der Waals surface area contributed by atoms with Crippen LogP contribution in [-0.2, 0) is 11.3 Å². The van der Waals surface area contributed by atoms with Crippen molar-refractivity contribution in [2.75, 3.05) is 13.7 Å². The molecule has 2 N–H and O–H groups in total. The molecule has 0 saturated heterocycles. The zero-order valence-electron chi connectivity index (χ0n) is 12.7. The third kappa shape index (κ3) is 4.82. The molecule has 2 aromatic rings. The van der Waals surface area contributed by atoms with Crippen LogP contribution in [0.5, 0.6) is 5.75 Å². The summed E-state index contributed by atoms with van der Waals surface area (Å²) in [7, 11) is 1.73. The molecule has 0 radical (unpaired) electrons. The summed E-state index contributed by atoms with van der Waals surface area (Å²) in [5.74, 6) is -0.262. The molecule has 2 rings (SSSR count). The molecule has 0 spiro atoms. The van der Waals surface area contributed by atoms with Gasteiger partial charge in [0.1, 0.15) is 5.75 Å². The van der Waals surface area contributed by atoms with Crippen LogP contribution in [0, 0.1) is 0 Å². The van der Waals surface area contributed by atoms with Crippen LogP contribution in [0.3, 0.4) is 0 Å². The van der Waals surface area contributed by atoms with Crippen molar-refractivity contribution in [1.29, 1.82) is 0 Å². The molecule has 0 bridgehead atoms. The Balaban J connectivity index is 2.08. The SMILES string of the molecule is CN(Cc1ccccc1Br)C(=O)c1cccc(OCC(N)=O)c1. The van der Waals surface area contributed by atoms with Crippen LogP contribution in [-0.4, -0.2) is 30.4 Å². The standard InChI is InChI=1S/C17H17BrN2O3/c1-20(10-13-5-2-3-8-15(13)18)17(22)12-6-4-7-14(9-12)23-11-16(19)21/h2-9H,10-11H2,1H3,(H2,19,21). The Morgan fingerprint density at radius 2 is 1.91 bits per heavy atom. The van der Waals surface area contributed by atoms with Crippen LogP contribution < -0.4 is 10.5 Å². The van der Waals surface area contributed by atoms with Crippen molar-refractivity contribution < 1.29 is 14.3 Å². The van der Waals surface area contributed by atoms with Gasteiger partial charge in [-0.25, -0.2) is 0 Å². The highest BCUT2D eigenvalue weighted by Crippen LogP contribution is 2.19. The fourth-order valence-electron chi connectivity index (χ4n) is 2.05. The molecule has 2 amide bonds. The van der Waals surface area contributed by atoms with Crippen LogP contribution >= 0.6 is 15.9 Å². The number of carbonyl (C=O) groups is 2. The Morgan fingerprint density at radius 3 is 2.61 bits per heavy atom. The molecule has 0 fully saturated rings. The lowest BCUT2D eigenvalue weighted by Gasteiger charge is -2.18. The summed E-state index contributed by atoms with van der Waals surface area (Å²) in [6.45, 7) is 0.261. The van der Waals surface area contributed by atoms with Crippen molar-refractivity contribution in [3.05, 3.63) is 64.1 Å². The molecule has 0 aromatic heterocycles. The van der Waals surface area contributed by atoms with E-state index in [1.165, 1.54) is 0 Å². The maximum atomic E-state index is 12.5. The molecule has 0 aliphatic heterocycles. The Morgan fingerprint density at radius 1 is 1.17 bits per heavy atom. The van der Waals surface area contributed by atoms with Crippen molar-refractivity contribution in [3.8, 4) is 5.75 Å². The lowest BCUT2D eigenvalue weighted by atomic mass is 10.1. The summed E-state index contributed by atoms with van der Waals surface area (Å²) in [6.07, 6.45) is 0. The normalized spacial score (nSPS) is 10.2. The van der Waals surface area contributed by atoms with Crippen molar-refractivity contribution in [1.82, 2.24) is 4.90 Å².